The van der Waals surface area contributed by atoms with Crippen LogP contribution in [0.5, 0.6) is 0 Å². The number of piperidine rings is 1. The van der Waals surface area contributed by atoms with Crippen molar-refractivity contribution in [3.63, 3.8) is 0 Å². The third kappa shape index (κ3) is 5.47. The first-order valence-electron chi connectivity index (χ1n) is 9.02. The summed E-state index contributed by atoms with van der Waals surface area (Å²) >= 11 is 0. The van der Waals surface area contributed by atoms with Crippen LogP contribution in [0.4, 0.5) is 0 Å². The summed E-state index contributed by atoms with van der Waals surface area (Å²) in [7, 11) is 1.71. The van der Waals surface area contributed by atoms with E-state index >= 15 is 0 Å². The third-order valence-corrected chi connectivity index (χ3v) is 4.37. The maximum Gasteiger partial charge on any atom is 0.194 e. The molecule has 0 aliphatic carbocycles. The number of aryl methyl sites for hydroxylation is 1. The van der Waals surface area contributed by atoms with E-state index in [9.17, 15) is 0 Å². The Labute approximate surface area is 145 Å². The monoisotopic (exact) mass is 336 g/mol. The summed E-state index contributed by atoms with van der Waals surface area (Å²) in [4.78, 5) is 7.12. The van der Waals surface area contributed by atoms with Crippen LogP contribution in [0.1, 0.15) is 33.0 Å². The van der Waals surface area contributed by atoms with E-state index < -0.39 is 0 Å². The van der Waals surface area contributed by atoms with Gasteiger partial charge >= 0.3 is 0 Å². The van der Waals surface area contributed by atoms with Gasteiger partial charge in [-0.25, -0.2) is 0 Å². The van der Waals surface area contributed by atoms with Crippen molar-refractivity contribution < 1.29 is 4.74 Å². The Bertz CT molecular complexity index is 505. The molecule has 7 heteroatoms. The Hall–Kier alpha value is -1.63. The quantitative estimate of drug-likeness (QED) is 0.463. The zero-order valence-corrected chi connectivity index (χ0v) is 15.5. The summed E-state index contributed by atoms with van der Waals surface area (Å²) < 4.78 is 7.24. The highest BCUT2D eigenvalue weighted by Crippen LogP contribution is 2.20. The molecule has 2 atom stereocenters. The van der Waals surface area contributed by atoms with E-state index in [1.807, 2.05) is 0 Å². The molecule has 1 saturated heterocycles. The molecule has 0 amide bonds. The van der Waals surface area contributed by atoms with Gasteiger partial charge in [-0.15, -0.1) is 10.2 Å². The number of likely N-dealkylation sites (tertiary alicyclic amines) is 1. The minimum absolute atomic E-state index is 0.648. The van der Waals surface area contributed by atoms with Crippen molar-refractivity contribution >= 4 is 5.96 Å². The molecular formula is C17H32N6O. The lowest BCUT2D eigenvalue weighted by atomic mass is 9.92. The second kappa shape index (κ2) is 9.61. The van der Waals surface area contributed by atoms with Crippen molar-refractivity contribution in [2.75, 3.05) is 39.9 Å². The molecule has 0 saturated carbocycles. The molecule has 0 bridgehead atoms. The molecule has 0 radical (unpaired) electrons. The Kier molecular flexibility index (Phi) is 7.49. The van der Waals surface area contributed by atoms with E-state index in [1.165, 1.54) is 6.42 Å². The van der Waals surface area contributed by atoms with Crippen molar-refractivity contribution in [2.24, 2.45) is 16.8 Å². The second-order valence-corrected chi connectivity index (χ2v) is 6.77. The highest BCUT2D eigenvalue weighted by Gasteiger charge is 2.24. The molecule has 0 spiro atoms. The molecule has 24 heavy (non-hydrogen) atoms. The van der Waals surface area contributed by atoms with Gasteiger partial charge in [-0.2, -0.15) is 0 Å². The number of hydrogen-bond acceptors (Lipinski definition) is 4. The Morgan fingerprint density at radius 3 is 2.79 bits per heavy atom. The van der Waals surface area contributed by atoms with E-state index in [0.29, 0.717) is 25.0 Å². The fourth-order valence-electron chi connectivity index (χ4n) is 3.37. The lowest BCUT2D eigenvalue weighted by molar-refractivity contribution is 0.200. The second-order valence-electron chi connectivity index (χ2n) is 6.77. The van der Waals surface area contributed by atoms with Crippen LogP contribution in [0, 0.1) is 11.8 Å². The number of rotatable bonds is 7. The van der Waals surface area contributed by atoms with Crippen LogP contribution in [0.15, 0.2) is 11.3 Å². The SMILES string of the molecule is CCc1nncn1CCNC(=NCCOC)N1CC(C)CC(C)C1. The molecule has 2 heterocycles. The standard InChI is InChI=1S/C17H32N6O/c1-5-16-21-20-13-22(16)8-6-18-17(19-7-9-24-4)23-11-14(2)10-15(3)12-23/h13-15H,5-12H2,1-4H3,(H,18,19). The van der Waals surface area contributed by atoms with Gasteiger partial charge < -0.3 is 19.5 Å². The van der Waals surface area contributed by atoms with E-state index in [1.54, 1.807) is 13.4 Å². The molecule has 1 fully saturated rings. The molecule has 1 aliphatic heterocycles. The predicted molar refractivity (Wildman–Crippen MR) is 96.1 cm³/mol. The Morgan fingerprint density at radius 2 is 2.12 bits per heavy atom. The van der Waals surface area contributed by atoms with Crippen molar-refractivity contribution in [1.82, 2.24) is 25.0 Å². The molecule has 2 unspecified atom stereocenters. The van der Waals surface area contributed by atoms with Gasteiger partial charge in [0.1, 0.15) is 12.2 Å². The zero-order chi connectivity index (χ0) is 17.4. The average molecular weight is 336 g/mol. The molecular weight excluding hydrogens is 304 g/mol. The van der Waals surface area contributed by atoms with Gasteiger partial charge in [0, 0.05) is 39.7 Å². The first-order chi connectivity index (χ1) is 11.6. The Morgan fingerprint density at radius 1 is 1.38 bits per heavy atom. The van der Waals surface area contributed by atoms with Crippen LogP contribution >= 0.6 is 0 Å². The van der Waals surface area contributed by atoms with Gasteiger partial charge in [-0.3, -0.25) is 4.99 Å². The lowest BCUT2D eigenvalue weighted by Gasteiger charge is -2.37. The smallest absolute Gasteiger partial charge is 0.194 e. The van der Waals surface area contributed by atoms with Crippen LogP contribution in [0.2, 0.25) is 0 Å². The number of hydrogen-bond donors (Lipinski definition) is 1. The highest BCUT2D eigenvalue weighted by molar-refractivity contribution is 5.80. The normalized spacial score (nSPS) is 22.0. The zero-order valence-electron chi connectivity index (χ0n) is 15.5. The Balaban J connectivity index is 1.94. The highest BCUT2D eigenvalue weighted by atomic mass is 16.5. The van der Waals surface area contributed by atoms with E-state index in [4.69, 9.17) is 9.73 Å². The summed E-state index contributed by atoms with van der Waals surface area (Å²) in [6.07, 6.45) is 3.99. The van der Waals surface area contributed by atoms with Crippen molar-refractivity contribution in [3.05, 3.63) is 12.2 Å². The number of ether oxygens (including phenoxy) is 1. The number of aromatic nitrogens is 3. The molecule has 1 aromatic heterocycles. The number of guanidine groups is 1. The van der Waals surface area contributed by atoms with Gasteiger partial charge in [0.05, 0.1) is 13.2 Å². The summed E-state index contributed by atoms with van der Waals surface area (Å²) in [5.41, 5.74) is 0. The number of nitrogens with one attached hydrogen (secondary N) is 1. The van der Waals surface area contributed by atoms with E-state index in [-0.39, 0.29) is 0 Å². The number of nitrogens with zero attached hydrogens (tertiary/aromatic N) is 5. The van der Waals surface area contributed by atoms with Crippen molar-refractivity contribution in [3.8, 4) is 0 Å². The van der Waals surface area contributed by atoms with Crippen LogP contribution in [0.3, 0.4) is 0 Å². The fraction of sp³-hybridized carbons (Fsp3) is 0.824. The van der Waals surface area contributed by atoms with E-state index in [2.05, 4.69) is 45.8 Å². The van der Waals surface area contributed by atoms with Crippen LogP contribution in [-0.2, 0) is 17.7 Å². The molecule has 2 rings (SSSR count). The van der Waals surface area contributed by atoms with Gasteiger partial charge in [0.2, 0.25) is 0 Å². The first-order valence-corrected chi connectivity index (χ1v) is 9.02. The topological polar surface area (TPSA) is 67.6 Å². The van der Waals surface area contributed by atoms with Crippen molar-refractivity contribution in [1.29, 1.82) is 0 Å². The minimum atomic E-state index is 0.648. The lowest BCUT2D eigenvalue weighted by Crippen LogP contribution is -2.49. The molecule has 7 nitrogen and oxygen atoms in total. The van der Waals surface area contributed by atoms with Crippen LogP contribution in [-0.4, -0.2) is 65.5 Å². The van der Waals surface area contributed by atoms with Gasteiger partial charge in [0.15, 0.2) is 5.96 Å². The summed E-state index contributed by atoms with van der Waals surface area (Å²) in [6, 6.07) is 0. The number of aliphatic imine (C=N–C) groups is 1. The average Bonchev–Trinajstić information content (AvgIpc) is 3.00. The molecule has 136 valence electrons. The third-order valence-electron chi connectivity index (χ3n) is 4.37. The van der Waals surface area contributed by atoms with Gasteiger partial charge in [-0.05, 0) is 18.3 Å². The maximum absolute atomic E-state index is 5.14. The minimum Gasteiger partial charge on any atom is -0.383 e. The van der Waals surface area contributed by atoms with Gasteiger partial charge in [-0.1, -0.05) is 20.8 Å². The van der Waals surface area contributed by atoms with Crippen molar-refractivity contribution in [2.45, 2.75) is 40.2 Å². The number of methoxy groups -OCH3 is 1. The van der Waals surface area contributed by atoms with E-state index in [0.717, 1.165) is 44.4 Å². The predicted octanol–water partition coefficient (Wildman–Crippen LogP) is 1.41. The molecule has 1 aliphatic rings. The first kappa shape index (κ1) is 18.7. The summed E-state index contributed by atoms with van der Waals surface area (Å²) in [5, 5.41) is 11.6. The fourth-order valence-corrected chi connectivity index (χ4v) is 3.37. The van der Waals surface area contributed by atoms with Gasteiger partial charge in [0.25, 0.3) is 0 Å². The van der Waals surface area contributed by atoms with Crippen LogP contribution < -0.4 is 5.32 Å². The summed E-state index contributed by atoms with van der Waals surface area (Å²) in [5.74, 6) is 3.42. The molecule has 1 aromatic rings. The summed E-state index contributed by atoms with van der Waals surface area (Å²) in [6.45, 7) is 11.9. The molecule has 1 N–H and O–H groups in total. The maximum atomic E-state index is 5.14. The largest absolute Gasteiger partial charge is 0.383 e. The van der Waals surface area contributed by atoms with Crippen LogP contribution in [0.25, 0.3) is 0 Å². The molecule has 0 aromatic carbocycles.